The lowest BCUT2D eigenvalue weighted by atomic mass is 10.1. The van der Waals surface area contributed by atoms with Crippen LogP contribution in [0.4, 0.5) is 4.39 Å². The summed E-state index contributed by atoms with van der Waals surface area (Å²) in [4.78, 5) is 25.5. The number of nitrogens with one attached hydrogen (secondary N) is 1. The standard InChI is InChI=1S/C16H24FN3O2/c1-3-5-14(18)16(22)20(4-2)11-15(21)19-10-12-6-8-13(17)9-7-12/h6-9,14H,3-5,10-11,18H2,1-2H3,(H,19,21). The average Bonchev–Trinajstić information content (AvgIpc) is 2.51. The Bertz CT molecular complexity index is 491. The van der Waals surface area contributed by atoms with Gasteiger partial charge in [-0.2, -0.15) is 0 Å². The maximum atomic E-state index is 12.8. The molecule has 2 amide bonds. The van der Waals surface area contributed by atoms with E-state index in [1.807, 2.05) is 13.8 Å². The summed E-state index contributed by atoms with van der Waals surface area (Å²) in [5, 5.41) is 2.71. The van der Waals surface area contributed by atoms with Crippen LogP contribution in [0.15, 0.2) is 24.3 Å². The second kappa shape index (κ2) is 9.15. The summed E-state index contributed by atoms with van der Waals surface area (Å²) in [6, 6.07) is 5.33. The van der Waals surface area contributed by atoms with Crippen LogP contribution in [0, 0.1) is 5.82 Å². The molecule has 0 aliphatic carbocycles. The van der Waals surface area contributed by atoms with Crippen LogP contribution >= 0.6 is 0 Å². The molecular formula is C16H24FN3O2. The van der Waals surface area contributed by atoms with Gasteiger partial charge in [-0.15, -0.1) is 0 Å². The van der Waals surface area contributed by atoms with Crippen molar-refractivity contribution in [3.63, 3.8) is 0 Å². The fraction of sp³-hybridized carbons (Fsp3) is 0.500. The van der Waals surface area contributed by atoms with Crippen LogP contribution in [0.2, 0.25) is 0 Å². The third-order valence-corrected chi connectivity index (χ3v) is 3.35. The van der Waals surface area contributed by atoms with E-state index >= 15 is 0 Å². The van der Waals surface area contributed by atoms with E-state index in [1.54, 1.807) is 12.1 Å². The molecule has 22 heavy (non-hydrogen) atoms. The van der Waals surface area contributed by atoms with Gasteiger partial charge in [0.25, 0.3) is 0 Å². The highest BCUT2D eigenvalue weighted by molar-refractivity contribution is 5.87. The Kier molecular flexibility index (Phi) is 7.52. The molecule has 1 unspecified atom stereocenters. The first-order valence-corrected chi connectivity index (χ1v) is 7.53. The normalized spacial score (nSPS) is 11.8. The molecule has 0 fully saturated rings. The van der Waals surface area contributed by atoms with Crippen molar-refractivity contribution in [3.8, 4) is 0 Å². The summed E-state index contributed by atoms with van der Waals surface area (Å²) >= 11 is 0. The van der Waals surface area contributed by atoms with E-state index in [1.165, 1.54) is 17.0 Å². The van der Waals surface area contributed by atoms with Crippen LogP contribution in [0.1, 0.15) is 32.3 Å². The molecule has 0 radical (unpaired) electrons. The van der Waals surface area contributed by atoms with Gasteiger partial charge in [-0.1, -0.05) is 25.5 Å². The highest BCUT2D eigenvalue weighted by atomic mass is 19.1. The van der Waals surface area contributed by atoms with Gasteiger partial charge in [0.1, 0.15) is 5.82 Å². The van der Waals surface area contributed by atoms with Gasteiger partial charge in [0.15, 0.2) is 0 Å². The van der Waals surface area contributed by atoms with Gasteiger partial charge in [-0.3, -0.25) is 9.59 Å². The fourth-order valence-electron chi connectivity index (χ4n) is 2.05. The van der Waals surface area contributed by atoms with E-state index in [0.29, 0.717) is 19.5 Å². The Morgan fingerprint density at radius 1 is 1.27 bits per heavy atom. The monoisotopic (exact) mass is 309 g/mol. The maximum Gasteiger partial charge on any atom is 0.239 e. The third kappa shape index (κ3) is 5.81. The van der Waals surface area contributed by atoms with Crippen LogP contribution in [0.3, 0.4) is 0 Å². The molecule has 0 bridgehead atoms. The highest BCUT2D eigenvalue weighted by Gasteiger charge is 2.21. The Hall–Kier alpha value is -1.95. The second-order valence-corrected chi connectivity index (χ2v) is 5.15. The summed E-state index contributed by atoms with van der Waals surface area (Å²) < 4.78 is 12.8. The van der Waals surface area contributed by atoms with Crippen molar-refractivity contribution in [1.29, 1.82) is 0 Å². The second-order valence-electron chi connectivity index (χ2n) is 5.15. The Morgan fingerprint density at radius 3 is 2.45 bits per heavy atom. The van der Waals surface area contributed by atoms with Crippen molar-refractivity contribution >= 4 is 11.8 Å². The molecule has 0 saturated carbocycles. The maximum absolute atomic E-state index is 12.8. The number of nitrogens with two attached hydrogens (primary N) is 1. The van der Waals surface area contributed by atoms with Gasteiger partial charge in [0.2, 0.25) is 11.8 Å². The number of carbonyl (C=O) groups excluding carboxylic acids is 2. The van der Waals surface area contributed by atoms with Crippen molar-refractivity contribution in [2.45, 2.75) is 39.3 Å². The lowest BCUT2D eigenvalue weighted by Gasteiger charge is -2.23. The number of likely N-dealkylation sites (N-methyl/N-ethyl adjacent to an activating group) is 1. The van der Waals surface area contributed by atoms with Crippen molar-refractivity contribution in [3.05, 3.63) is 35.6 Å². The molecule has 5 nitrogen and oxygen atoms in total. The van der Waals surface area contributed by atoms with Crippen LogP contribution in [-0.4, -0.2) is 35.8 Å². The smallest absolute Gasteiger partial charge is 0.239 e. The summed E-state index contributed by atoms with van der Waals surface area (Å²) in [5.41, 5.74) is 6.60. The first kappa shape index (κ1) is 18.1. The number of rotatable bonds is 8. The van der Waals surface area contributed by atoms with E-state index in [0.717, 1.165) is 12.0 Å². The lowest BCUT2D eigenvalue weighted by Crippen LogP contribution is -2.47. The van der Waals surface area contributed by atoms with Gasteiger partial charge in [0, 0.05) is 13.1 Å². The fourth-order valence-corrected chi connectivity index (χ4v) is 2.05. The molecule has 6 heteroatoms. The first-order valence-electron chi connectivity index (χ1n) is 7.53. The quantitative estimate of drug-likeness (QED) is 0.762. The SMILES string of the molecule is CCCC(N)C(=O)N(CC)CC(=O)NCc1ccc(F)cc1. The van der Waals surface area contributed by atoms with Crippen molar-refractivity contribution in [2.24, 2.45) is 5.73 Å². The third-order valence-electron chi connectivity index (χ3n) is 3.35. The Balaban J connectivity index is 2.47. The Labute approximate surface area is 130 Å². The van der Waals surface area contributed by atoms with E-state index in [-0.39, 0.29) is 24.2 Å². The van der Waals surface area contributed by atoms with E-state index in [9.17, 15) is 14.0 Å². The molecule has 0 saturated heterocycles. The van der Waals surface area contributed by atoms with E-state index in [2.05, 4.69) is 5.32 Å². The van der Waals surface area contributed by atoms with Crippen LogP contribution < -0.4 is 11.1 Å². The largest absolute Gasteiger partial charge is 0.350 e. The molecule has 1 rings (SSSR count). The van der Waals surface area contributed by atoms with E-state index < -0.39 is 6.04 Å². The molecule has 0 aromatic heterocycles. The number of carbonyl (C=O) groups is 2. The predicted octanol–water partition coefficient (Wildman–Crippen LogP) is 1.42. The zero-order valence-electron chi connectivity index (χ0n) is 13.1. The molecular weight excluding hydrogens is 285 g/mol. The molecule has 1 aromatic rings. The number of hydrogen-bond acceptors (Lipinski definition) is 3. The van der Waals surface area contributed by atoms with Crippen LogP contribution in [0.25, 0.3) is 0 Å². The molecule has 1 atom stereocenters. The lowest BCUT2D eigenvalue weighted by molar-refractivity contribution is -0.137. The molecule has 0 spiro atoms. The van der Waals surface area contributed by atoms with Gasteiger partial charge in [-0.05, 0) is 31.0 Å². The number of nitrogens with zero attached hydrogens (tertiary/aromatic N) is 1. The summed E-state index contributed by atoms with van der Waals surface area (Å²) in [6.07, 6.45) is 1.42. The van der Waals surface area contributed by atoms with Gasteiger partial charge >= 0.3 is 0 Å². The number of benzene rings is 1. The molecule has 0 heterocycles. The van der Waals surface area contributed by atoms with E-state index in [4.69, 9.17) is 5.73 Å². The molecule has 0 aliphatic heterocycles. The molecule has 0 aliphatic rings. The average molecular weight is 309 g/mol. The van der Waals surface area contributed by atoms with Crippen molar-refractivity contribution in [2.75, 3.05) is 13.1 Å². The zero-order valence-corrected chi connectivity index (χ0v) is 13.1. The molecule has 122 valence electrons. The van der Waals surface area contributed by atoms with Crippen LogP contribution in [-0.2, 0) is 16.1 Å². The first-order chi connectivity index (χ1) is 10.5. The van der Waals surface area contributed by atoms with Crippen molar-refractivity contribution in [1.82, 2.24) is 10.2 Å². The van der Waals surface area contributed by atoms with Gasteiger partial charge < -0.3 is 16.0 Å². The predicted molar refractivity (Wildman–Crippen MR) is 83.4 cm³/mol. The van der Waals surface area contributed by atoms with Gasteiger partial charge in [-0.25, -0.2) is 4.39 Å². The molecule has 3 N–H and O–H groups in total. The minimum Gasteiger partial charge on any atom is -0.350 e. The number of hydrogen-bond donors (Lipinski definition) is 2. The minimum atomic E-state index is -0.560. The summed E-state index contributed by atoms with van der Waals surface area (Å²) in [5.74, 6) is -0.785. The molecule has 1 aromatic carbocycles. The van der Waals surface area contributed by atoms with Crippen LogP contribution in [0.5, 0.6) is 0 Å². The Morgan fingerprint density at radius 2 is 1.91 bits per heavy atom. The number of amides is 2. The highest BCUT2D eigenvalue weighted by Crippen LogP contribution is 2.03. The van der Waals surface area contributed by atoms with Crippen molar-refractivity contribution < 1.29 is 14.0 Å². The summed E-state index contributed by atoms with van der Waals surface area (Å²) in [7, 11) is 0. The van der Waals surface area contributed by atoms with Gasteiger partial charge in [0.05, 0.1) is 12.6 Å². The number of halogens is 1. The topological polar surface area (TPSA) is 75.4 Å². The minimum absolute atomic E-state index is 0.0199. The zero-order chi connectivity index (χ0) is 16.5. The summed E-state index contributed by atoms with van der Waals surface area (Å²) in [6.45, 7) is 4.47.